The Morgan fingerprint density at radius 3 is 2.89 bits per heavy atom. The maximum Gasteiger partial charge on any atom is 0.286 e. The molecule has 1 aromatic rings. The van der Waals surface area contributed by atoms with E-state index >= 15 is 0 Å². The summed E-state index contributed by atoms with van der Waals surface area (Å²) in [6.45, 7) is 5.73. The molecule has 0 radical (unpaired) electrons. The van der Waals surface area contributed by atoms with Gasteiger partial charge in [0.1, 0.15) is 10.7 Å². The van der Waals surface area contributed by atoms with Crippen LogP contribution in [0.15, 0.2) is 27.5 Å². The third-order valence-corrected chi connectivity index (χ3v) is 6.00. The van der Waals surface area contributed by atoms with Gasteiger partial charge >= 0.3 is 0 Å². The first-order valence-electron chi connectivity index (χ1n) is 9.54. The standard InChI is InChI=1S/C19H27N3O4S/c1-14(2)26-12-6-10-20-19(23)15-8-9-16-17(13-15)27(24,25)21-18-7-4-3-5-11-22(16)18/h8-9,13-14H,3-7,10-12H2,1-2H3,(H,20,23). The number of carbonyl (C=O) groups excluding carboxylic acids is 1. The number of rotatable bonds is 6. The van der Waals surface area contributed by atoms with Gasteiger partial charge in [-0.1, -0.05) is 6.42 Å². The van der Waals surface area contributed by atoms with Gasteiger partial charge in [-0.25, -0.2) is 0 Å². The summed E-state index contributed by atoms with van der Waals surface area (Å²) in [7, 11) is -3.78. The number of sulfonamides is 1. The molecule has 0 aliphatic carbocycles. The van der Waals surface area contributed by atoms with Crippen LogP contribution in [-0.4, -0.2) is 46.0 Å². The van der Waals surface area contributed by atoms with E-state index < -0.39 is 10.0 Å². The maximum absolute atomic E-state index is 12.6. The largest absolute Gasteiger partial charge is 0.379 e. The van der Waals surface area contributed by atoms with Gasteiger partial charge in [0.25, 0.3) is 15.9 Å². The van der Waals surface area contributed by atoms with Crippen molar-refractivity contribution in [1.29, 1.82) is 0 Å². The molecule has 0 aromatic heterocycles. The van der Waals surface area contributed by atoms with Crippen LogP contribution in [0, 0.1) is 0 Å². The van der Waals surface area contributed by atoms with Gasteiger partial charge in [0.15, 0.2) is 0 Å². The van der Waals surface area contributed by atoms with E-state index in [4.69, 9.17) is 4.74 Å². The summed E-state index contributed by atoms with van der Waals surface area (Å²) in [5.41, 5.74) is 0.958. The second-order valence-electron chi connectivity index (χ2n) is 7.16. The van der Waals surface area contributed by atoms with Gasteiger partial charge < -0.3 is 15.0 Å². The van der Waals surface area contributed by atoms with Crippen LogP contribution in [0.2, 0.25) is 0 Å². The number of nitrogens with one attached hydrogen (secondary N) is 1. The van der Waals surface area contributed by atoms with Crippen LogP contribution >= 0.6 is 0 Å². The summed E-state index contributed by atoms with van der Waals surface area (Å²) in [5.74, 6) is 0.325. The Balaban J connectivity index is 1.74. The van der Waals surface area contributed by atoms with Crippen molar-refractivity contribution < 1.29 is 17.9 Å². The fraction of sp³-hybridized carbons (Fsp3) is 0.579. The molecule has 2 heterocycles. The summed E-state index contributed by atoms with van der Waals surface area (Å²) in [6.07, 6.45) is 4.54. The number of benzene rings is 1. The van der Waals surface area contributed by atoms with E-state index in [1.54, 1.807) is 12.1 Å². The molecule has 1 N–H and O–H groups in total. The Morgan fingerprint density at radius 2 is 2.11 bits per heavy atom. The molecule has 0 unspecified atom stereocenters. The Bertz CT molecular complexity index is 833. The van der Waals surface area contributed by atoms with Crippen molar-refractivity contribution in [3.63, 3.8) is 0 Å². The highest BCUT2D eigenvalue weighted by Gasteiger charge is 2.32. The molecule has 1 aromatic carbocycles. The number of amidine groups is 1. The Kier molecular flexibility index (Phi) is 6.16. The molecule has 3 rings (SSSR count). The van der Waals surface area contributed by atoms with Crippen molar-refractivity contribution in [2.45, 2.75) is 57.0 Å². The van der Waals surface area contributed by atoms with Gasteiger partial charge in [-0.3, -0.25) is 4.79 Å². The summed E-state index contributed by atoms with van der Waals surface area (Å²) in [5, 5.41) is 2.81. The summed E-state index contributed by atoms with van der Waals surface area (Å²) in [4.78, 5) is 14.5. The van der Waals surface area contributed by atoms with E-state index in [1.807, 2.05) is 18.7 Å². The third-order valence-electron chi connectivity index (χ3n) is 4.67. The molecule has 2 aliphatic rings. The van der Waals surface area contributed by atoms with Crippen LogP contribution in [0.25, 0.3) is 0 Å². The summed E-state index contributed by atoms with van der Waals surface area (Å²) in [6, 6.07) is 4.85. The monoisotopic (exact) mass is 393 g/mol. The van der Waals surface area contributed by atoms with E-state index in [0.717, 1.165) is 25.8 Å². The van der Waals surface area contributed by atoms with Crippen molar-refractivity contribution in [3.8, 4) is 0 Å². The lowest BCUT2D eigenvalue weighted by atomic mass is 10.1. The number of nitrogens with zero attached hydrogens (tertiary/aromatic N) is 2. The number of fused-ring (bicyclic) bond motifs is 3. The lowest BCUT2D eigenvalue weighted by Gasteiger charge is -2.29. The van der Waals surface area contributed by atoms with Crippen molar-refractivity contribution in [3.05, 3.63) is 23.8 Å². The minimum Gasteiger partial charge on any atom is -0.379 e. The Morgan fingerprint density at radius 1 is 1.30 bits per heavy atom. The van der Waals surface area contributed by atoms with Gasteiger partial charge in [-0.05, 0) is 51.3 Å². The average molecular weight is 394 g/mol. The number of hydrogen-bond acceptors (Lipinski definition) is 5. The molecule has 0 saturated carbocycles. The highest BCUT2D eigenvalue weighted by atomic mass is 32.2. The topological polar surface area (TPSA) is 88.1 Å². The van der Waals surface area contributed by atoms with Crippen LogP contribution < -0.4 is 10.2 Å². The molecule has 1 fully saturated rings. The molecule has 1 amide bonds. The lowest BCUT2D eigenvalue weighted by molar-refractivity contribution is 0.0757. The van der Waals surface area contributed by atoms with Crippen molar-refractivity contribution >= 4 is 27.5 Å². The first-order valence-corrected chi connectivity index (χ1v) is 11.0. The smallest absolute Gasteiger partial charge is 0.286 e. The van der Waals surface area contributed by atoms with Gasteiger partial charge in [-0.2, -0.15) is 8.42 Å². The molecule has 0 atom stereocenters. The van der Waals surface area contributed by atoms with Crippen LogP contribution in [-0.2, 0) is 14.8 Å². The molecular formula is C19H27N3O4S. The predicted octanol–water partition coefficient (Wildman–Crippen LogP) is 2.71. The Hall–Kier alpha value is -1.93. The van der Waals surface area contributed by atoms with E-state index in [2.05, 4.69) is 9.71 Å². The van der Waals surface area contributed by atoms with Gasteiger partial charge in [0, 0.05) is 31.7 Å². The zero-order valence-corrected chi connectivity index (χ0v) is 16.7. The second-order valence-corrected chi connectivity index (χ2v) is 8.73. The van der Waals surface area contributed by atoms with E-state index in [9.17, 15) is 13.2 Å². The molecule has 148 valence electrons. The zero-order chi connectivity index (χ0) is 19.4. The molecular weight excluding hydrogens is 366 g/mol. The van der Waals surface area contributed by atoms with Gasteiger partial charge in [-0.15, -0.1) is 4.40 Å². The summed E-state index contributed by atoms with van der Waals surface area (Å²) < 4.78 is 34.7. The molecule has 0 spiro atoms. The quantitative estimate of drug-likeness (QED) is 0.751. The first kappa shape index (κ1) is 19.8. The molecule has 1 saturated heterocycles. The van der Waals surface area contributed by atoms with Gasteiger partial charge in [0.2, 0.25) is 0 Å². The molecule has 27 heavy (non-hydrogen) atoms. The average Bonchev–Trinajstić information content (AvgIpc) is 2.85. The van der Waals surface area contributed by atoms with Gasteiger partial charge in [0.05, 0.1) is 11.8 Å². The molecule has 8 heteroatoms. The van der Waals surface area contributed by atoms with Crippen LogP contribution in [0.1, 0.15) is 56.3 Å². The number of ether oxygens (including phenoxy) is 1. The predicted molar refractivity (Wildman–Crippen MR) is 105 cm³/mol. The van der Waals surface area contributed by atoms with E-state index in [-0.39, 0.29) is 16.9 Å². The number of amides is 1. The molecule has 0 bridgehead atoms. The minimum atomic E-state index is -3.78. The van der Waals surface area contributed by atoms with Crippen molar-refractivity contribution in [2.75, 3.05) is 24.6 Å². The van der Waals surface area contributed by atoms with Crippen molar-refractivity contribution in [2.24, 2.45) is 4.40 Å². The van der Waals surface area contributed by atoms with Crippen LogP contribution in [0.3, 0.4) is 0 Å². The van der Waals surface area contributed by atoms with E-state index in [0.29, 0.717) is 43.1 Å². The number of carbonyl (C=O) groups is 1. The normalized spacial score (nSPS) is 18.3. The van der Waals surface area contributed by atoms with Crippen LogP contribution in [0.4, 0.5) is 5.69 Å². The SMILES string of the molecule is CC(C)OCCCNC(=O)c1ccc2c(c1)S(=O)(=O)N=C1CCCCCN12. The number of anilines is 1. The number of hydrogen-bond donors (Lipinski definition) is 1. The van der Waals surface area contributed by atoms with E-state index in [1.165, 1.54) is 6.07 Å². The highest BCUT2D eigenvalue weighted by molar-refractivity contribution is 7.90. The fourth-order valence-electron chi connectivity index (χ4n) is 3.32. The molecule has 7 nitrogen and oxygen atoms in total. The third kappa shape index (κ3) is 4.68. The summed E-state index contributed by atoms with van der Waals surface area (Å²) >= 11 is 0. The second kappa shape index (κ2) is 8.39. The Labute approximate surface area is 160 Å². The molecule has 2 aliphatic heterocycles. The zero-order valence-electron chi connectivity index (χ0n) is 15.9. The van der Waals surface area contributed by atoms with Crippen molar-refractivity contribution in [1.82, 2.24) is 5.32 Å². The van der Waals surface area contributed by atoms with Crippen LogP contribution in [0.5, 0.6) is 0 Å². The first-order chi connectivity index (χ1) is 12.9. The minimum absolute atomic E-state index is 0.115. The highest BCUT2D eigenvalue weighted by Crippen LogP contribution is 2.34. The maximum atomic E-state index is 12.6. The fourth-order valence-corrected chi connectivity index (χ4v) is 4.60. The lowest BCUT2D eigenvalue weighted by Crippen LogP contribution is -2.35.